The molecule has 2 amide bonds. The van der Waals surface area contributed by atoms with Gasteiger partial charge in [0.25, 0.3) is 0 Å². The Balaban J connectivity index is 1.76. The van der Waals surface area contributed by atoms with Crippen LogP contribution in [0.15, 0.2) is 66.7 Å². The zero-order chi connectivity index (χ0) is 27.2. The minimum absolute atomic E-state index is 0.168. The molecule has 2 aliphatic rings. The second-order valence-corrected chi connectivity index (χ2v) is 10.3. The van der Waals surface area contributed by atoms with Crippen LogP contribution < -0.4 is 5.32 Å². The molecule has 1 saturated heterocycles. The number of para-hydroxylation sites is 1. The molecule has 0 unspecified atom stereocenters. The van der Waals surface area contributed by atoms with Gasteiger partial charge in [0.15, 0.2) is 0 Å². The van der Waals surface area contributed by atoms with Crippen molar-refractivity contribution in [1.29, 1.82) is 0 Å². The van der Waals surface area contributed by atoms with Crippen LogP contribution in [0.3, 0.4) is 0 Å². The number of carbonyl (C=O) groups excluding carboxylic acids is 3. The van der Waals surface area contributed by atoms with E-state index >= 15 is 0 Å². The number of ether oxygens (including phenoxy) is 1. The van der Waals surface area contributed by atoms with E-state index in [0.29, 0.717) is 17.1 Å². The van der Waals surface area contributed by atoms with E-state index in [4.69, 9.17) is 16.3 Å². The SMILES string of the molecule is CCC[C@@H]1C=C[C@H]2[C@@H](C(=O)N([C@@H](CO)Cc3ccccc3)[C@@H]2C(=O)Nc2ccccc2Cl)[C@@H]1C(=O)OCC. The third-order valence-electron chi connectivity index (χ3n) is 7.55. The van der Waals surface area contributed by atoms with Crippen molar-refractivity contribution in [3.8, 4) is 0 Å². The topological polar surface area (TPSA) is 95.9 Å². The first kappa shape index (κ1) is 27.9. The number of likely N-dealkylation sites (tertiary alicyclic amines) is 1. The summed E-state index contributed by atoms with van der Waals surface area (Å²) in [7, 11) is 0. The first-order chi connectivity index (χ1) is 18.4. The van der Waals surface area contributed by atoms with Crippen LogP contribution in [0.4, 0.5) is 5.69 Å². The minimum atomic E-state index is -0.930. The van der Waals surface area contributed by atoms with Crippen LogP contribution in [-0.4, -0.2) is 53.1 Å². The first-order valence-electron chi connectivity index (χ1n) is 13.3. The molecular weight excluding hydrogens is 504 g/mol. The third kappa shape index (κ3) is 5.64. The van der Waals surface area contributed by atoms with Crippen molar-refractivity contribution in [1.82, 2.24) is 4.90 Å². The summed E-state index contributed by atoms with van der Waals surface area (Å²) < 4.78 is 5.43. The monoisotopic (exact) mass is 538 g/mol. The standard InChI is InChI=1S/C30H35ClN2O5/c1-3-10-20-15-16-22-26(25(20)30(37)38-4-2)29(36)33(21(18-34)17-19-11-6-5-7-12-19)27(22)28(35)32-24-14-9-8-13-23(24)31/h5-9,11-16,20-22,25-27,34H,3-4,10,17-18H2,1-2H3,(H,32,35)/t20-,21-,22+,25-,26-,27+/m1/s1. The predicted molar refractivity (Wildman–Crippen MR) is 146 cm³/mol. The number of esters is 1. The van der Waals surface area contributed by atoms with Crippen LogP contribution in [0.5, 0.6) is 0 Å². The van der Waals surface area contributed by atoms with Gasteiger partial charge in [-0.25, -0.2) is 0 Å². The molecule has 7 nitrogen and oxygen atoms in total. The van der Waals surface area contributed by atoms with Crippen molar-refractivity contribution >= 4 is 35.1 Å². The fourth-order valence-corrected chi connectivity index (χ4v) is 6.10. The third-order valence-corrected chi connectivity index (χ3v) is 7.88. The predicted octanol–water partition coefficient (Wildman–Crippen LogP) is 4.49. The number of aliphatic hydroxyl groups excluding tert-OH is 1. The van der Waals surface area contributed by atoms with Gasteiger partial charge in [-0.1, -0.05) is 79.6 Å². The zero-order valence-corrected chi connectivity index (χ0v) is 22.5. The Kier molecular flexibility index (Phi) is 9.23. The van der Waals surface area contributed by atoms with Crippen LogP contribution in [-0.2, 0) is 25.5 Å². The number of hydrogen-bond donors (Lipinski definition) is 2. The van der Waals surface area contributed by atoms with Crippen molar-refractivity contribution in [2.24, 2.45) is 23.7 Å². The average Bonchev–Trinajstić information content (AvgIpc) is 3.21. The zero-order valence-electron chi connectivity index (χ0n) is 21.8. The maximum absolute atomic E-state index is 14.2. The fourth-order valence-electron chi connectivity index (χ4n) is 5.91. The van der Waals surface area contributed by atoms with E-state index in [9.17, 15) is 19.5 Å². The molecular formula is C30H35ClN2O5. The highest BCUT2D eigenvalue weighted by Crippen LogP contribution is 2.46. The number of allylic oxidation sites excluding steroid dienone is 1. The number of anilines is 1. The number of carbonyl (C=O) groups is 3. The van der Waals surface area contributed by atoms with E-state index in [1.807, 2.05) is 49.4 Å². The lowest BCUT2D eigenvalue weighted by atomic mass is 9.69. The summed E-state index contributed by atoms with van der Waals surface area (Å²) in [4.78, 5) is 42.8. The molecule has 2 N–H and O–H groups in total. The van der Waals surface area contributed by atoms with Gasteiger partial charge in [0.2, 0.25) is 11.8 Å². The molecule has 1 fully saturated rings. The van der Waals surface area contributed by atoms with Gasteiger partial charge >= 0.3 is 5.97 Å². The summed E-state index contributed by atoms with van der Waals surface area (Å²) in [5, 5.41) is 13.7. The molecule has 0 spiro atoms. The molecule has 6 atom stereocenters. The van der Waals surface area contributed by atoms with E-state index < -0.39 is 41.7 Å². The number of aliphatic hydroxyl groups is 1. The van der Waals surface area contributed by atoms with Crippen LogP contribution in [0.25, 0.3) is 0 Å². The van der Waals surface area contributed by atoms with Crippen LogP contribution in [0, 0.1) is 23.7 Å². The molecule has 0 aromatic heterocycles. The summed E-state index contributed by atoms with van der Waals surface area (Å²) in [6.07, 6.45) is 5.80. The maximum Gasteiger partial charge on any atom is 0.310 e. The summed E-state index contributed by atoms with van der Waals surface area (Å²) in [6.45, 7) is 3.65. The highest BCUT2D eigenvalue weighted by Gasteiger charge is 2.58. The van der Waals surface area contributed by atoms with E-state index in [0.717, 1.165) is 18.4 Å². The molecule has 0 radical (unpaired) electrons. The maximum atomic E-state index is 14.2. The lowest BCUT2D eigenvalue weighted by Crippen LogP contribution is -2.51. The molecule has 0 bridgehead atoms. The molecule has 38 heavy (non-hydrogen) atoms. The highest BCUT2D eigenvalue weighted by molar-refractivity contribution is 6.33. The Hall–Kier alpha value is -3.16. The lowest BCUT2D eigenvalue weighted by molar-refractivity contribution is -0.156. The molecule has 0 saturated carbocycles. The highest BCUT2D eigenvalue weighted by atomic mass is 35.5. The van der Waals surface area contributed by atoms with Gasteiger partial charge in [0.05, 0.1) is 41.8 Å². The normalized spacial score (nSPS) is 25.1. The summed E-state index contributed by atoms with van der Waals surface area (Å²) >= 11 is 6.32. The minimum Gasteiger partial charge on any atom is -0.466 e. The van der Waals surface area contributed by atoms with Crippen molar-refractivity contribution < 1.29 is 24.2 Å². The molecule has 1 aliphatic carbocycles. The molecule has 202 valence electrons. The Morgan fingerprint density at radius 3 is 2.45 bits per heavy atom. The molecule has 4 rings (SSSR count). The van der Waals surface area contributed by atoms with Crippen molar-refractivity contribution in [3.05, 3.63) is 77.3 Å². The van der Waals surface area contributed by atoms with Gasteiger partial charge in [0, 0.05) is 5.92 Å². The van der Waals surface area contributed by atoms with Crippen LogP contribution in [0.2, 0.25) is 5.02 Å². The van der Waals surface area contributed by atoms with Crippen LogP contribution in [0.1, 0.15) is 32.3 Å². The summed E-state index contributed by atoms with van der Waals surface area (Å²) in [5.41, 5.74) is 1.37. The number of hydrogen-bond acceptors (Lipinski definition) is 5. The lowest BCUT2D eigenvalue weighted by Gasteiger charge is -2.34. The van der Waals surface area contributed by atoms with Crippen molar-refractivity contribution in [2.75, 3.05) is 18.5 Å². The van der Waals surface area contributed by atoms with E-state index in [1.54, 1.807) is 31.2 Å². The number of amides is 2. The largest absolute Gasteiger partial charge is 0.466 e. The number of rotatable bonds is 10. The van der Waals surface area contributed by atoms with E-state index in [1.165, 1.54) is 4.90 Å². The molecule has 1 heterocycles. The fraction of sp³-hybridized carbons (Fsp3) is 0.433. The Morgan fingerprint density at radius 2 is 1.79 bits per heavy atom. The van der Waals surface area contributed by atoms with Gasteiger partial charge < -0.3 is 20.1 Å². The average molecular weight is 539 g/mol. The van der Waals surface area contributed by atoms with Crippen LogP contribution >= 0.6 is 11.6 Å². The Labute approximate surface area is 228 Å². The molecule has 8 heteroatoms. The quantitative estimate of drug-likeness (QED) is 0.343. The Bertz CT molecular complexity index is 1170. The van der Waals surface area contributed by atoms with Crippen molar-refractivity contribution in [2.45, 2.75) is 45.2 Å². The molecule has 2 aromatic rings. The Morgan fingerprint density at radius 1 is 1.08 bits per heavy atom. The second kappa shape index (κ2) is 12.6. The van der Waals surface area contributed by atoms with Gasteiger partial charge in [0.1, 0.15) is 6.04 Å². The summed E-state index contributed by atoms with van der Waals surface area (Å²) in [6, 6.07) is 14.9. The second-order valence-electron chi connectivity index (χ2n) is 9.90. The number of halogens is 1. The molecule has 1 aliphatic heterocycles. The van der Waals surface area contributed by atoms with E-state index in [2.05, 4.69) is 5.32 Å². The number of nitrogens with zero attached hydrogens (tertiary/aromatic N) is 1. The first-order valence-corrected chi connectivity index (χ1v) is 13.7. The number of fused-ring (bicyclic) bond motifs is 1. The smallest absolute Gasteiger partial charge is 0.310 e. The van der Waals surface area contributed by atoms with Crippen molar-refractivity contribution in [3.63, 3.8) is 0 Å². The number of nitrogens with one attached hydrogen (secondary N) is 1. The van der Waals surface area contributed by atoms with Gasteiger partial charge in [-0.15, -0.1) is 0 Å². The van der Waals surface area contributed by atoms with Gasteiger partial charge in [-0.3, -0.25) is 14.4 Å². The van der Waals surface area contributed by atoms with E-state index in [-0.39, 0.29) is 25.0 Å². The van der Waals surface area contributed by atoms with Gasteiger partial charge in [-0.2, -0.15) is 0 Å². The molecule has 2 aromatic carbocycles. The number of benzene rings is 2. The van der Waals surface area contributed by atoms with Gasteiger partial charge in [-0.05, 0) is 43.4 Å². The summed E-state index contributed by atoms with van der Waals surface area (Å²) in [5.74, 6) is -3.33.